The molecular weight excluding hydrogens is 243 g/mol. The third kappa shape index (κ3) is 2.35. The average molecular weight is 249 g/mol. The second-order valence-corrected chi connectivity index (χ2v) is 3.32. The van der Waals surface area contributed by atoms with Gasteiger partial charge in [-0.25, -0.2) is 4.98 Å². The quantitative estimate of drug-likeness (QED) is 0.583. The molecule has 0 amide bonds. The molecule has 1 rings (SSSR count). The highest BCUT2D eigenvalue weighted by atomic mass is 79.9. The van der Waals surface area contributed by atoms with Crippen LogP contribution in [0.1, 0.15) is 0 Å². The number of rotatable bonds is 1. The van der Waals surface area contributed by atoms with Gasteiger partial charge in [0.25, 0.3) is 0 Å². The van der Waals surface area contributed by atoms with Crippen LogP contribution in [0.25, 0.3) is 0 Å². The zero-order valence-electron chi connectivity index (χ0n) is 5.96. The number of hydrogen-bond acceptors (Lipinski definition) is 2. The van der Waals surface area contributed by atoms with Gasteiger partial charge in [0.15, 0.2) is 11.8 Å². The molecule has 0 aliphatic carbocycles. The maximum atomic E-state index is 5.76. The molecule has 0 aliphatic rings. The van der Waals surface area contributed by atoms with Gasteiger partial charge in [-0.3, -0.25) is 0 Å². The first-order valence-corrected chi connectivity index (χ1v) is 4.17. The van der Waals surface area contributed by atoms with E-state index in [0.717, 1.165) is 4.47 Å². The summed E-state index contributed by atoms with van der Waals surface area (Å²) in [5.74, 6) is 0.256. The lowest BCUT2D eigenvalue weighted by molar-refractivity contribution is 1.24. The van der Waals surface area contributed by atoms with Crippen molar-refractivity contribution in [2.24, 2.45) is 16.5 Å². The maximum absolute atomic E-state index is 5.76. The van der Waals surface area contributed by atoms with Crippen LogP contribution in [-0.4, -0.2) is 10.9 Å². The van der Waals surface area contributed by atoms with Gasteiger partial charge in [-0.05, 0) is 22.0 Å². The molecule has 0 unspecified atom stereocenters. The first kappa shape index (κ1) is 9.28. The number of aliphatic imine (C=N–C) groups is 1. The average Bonchev–Trinajstić information content (AvgIpc) is 1.94. The van der Waals surface area contributed by atoms with Crippen LogP contribution in [0, 0.1) is 0 Å². The highest BCUT2D eigenvalue weighted by molar-refractivity contribution is 9.10. The van der Waals surface area contributed by atoms with Crippen LogP contribution in [0.3, 0.4) is 0 Å². The van der Waals surface area contributed by atoms with E-state index in [0.29, 0.717) is 10.8 Å². The minimum Gasteiger partial charge on any atom is -0.370 e. The van der Waals surface area contributed by atoms with Crippen LogP contribution in [0.5, 0.6) is 0 Å². The minimum absolute atomic E-state index is 0.0632. The van der Waals surface area contributed by atoms with Gasteiger partial charge in [-0.1, -0.05) is 11.6 Å². The lowest BCUT2D eigenvalue weighted by Gasteiger charge is -1.97. The summed E-state index contributed by atoms with van der Waals surface area (Å²) < 4.78 is 0.780. The van der Waals surface area contributed by atoms with Gasteiger partial charge in [0, 0.05) is 10.7 Å². The molecule has 1 aromatic rings. The van der Waals surface area contributed by atoms with Crippen LogP contribution in [0.4, 0.5) is 5.82 Å². The first-order valence-electron chi connectivity index (χ1n) is 3.00. The Morgan fingerprint density at radius 2 is 2.25 bits per heavy atom. The van der Waals surface area contributed by atoms with Crippen molar-refractivity contribution in [2.45, 2.75) is 0 Å². The Balaban J connectivity index is 3.10. The number of nitrogens with two attached hydrogens (primary N) is 2. The predicted molar refractivity (Wildman–Crippen MR) is 52.4 cm³/mol. The maximum Gasteiger partial charge on any atom is 0.192 e. The Labute approximate surface area is 82.8 Å². The van der Waals surface area contributed by atoms with Crippen molar-refractivity contribution in [1.29, 1.82) is 0 Å². The molecule has 0 aromatic carbocycles. The molecular formula is C6H6BrClN4. The summed E-state index contributed by atoms with van der Waals surface area (Å²) in [6.45, 7) is 0. The molecule has 4 nitrogen and oxygen atoms in total. The Morgan fingerprint density at radius 3 is 2.75 bits per heavy atom. The number of aromatic nitrogens is 1. The molecule has 12 heavy (non-hydrogen) atoms. The fourth-order valence-electron chi connectivity index (χ4n) is 0.612. The molecule has 0 bridgehead atoms. The summed E-state index contributed by atoms with van der Waals surface area (Å²) in [6, 6.07) is 1.66. The van der Waals surface area contributed by atoms with E-state index in [2.05, 4.69) is 25.9 Å². The van der Waals surface area contributed by atoms with E-state index in [4.69, 9.17) is 23.1 Å². The molecule has 0 aliphatic heterocycles. The Morgan fingerprint density at radius 1 is 1.58 bits per heavy atom. The lowest BCUT2D eigenvalue weighted by Crippen LogP contribution is -2.22. The van der Waals surface area contributed by atoms with Crippen molar-refractivity contribution < 1.29 is 0 Å². The third-order valence-corrected chi connectivity index (χ3v) is 1.74. The third-order valence-electron chi connectivity index (χ3n) is 1.02. The van der Waals surface area contributed by atoms with Crippen LogP contribution in [-0.2, 0) is 0 Å². The van der Waals surface area contributed by atoms with Gasteiger partial charge in [-0.15, -0.1) is 0 Å². The van der Waals surface area contributed by atoms with Crippen LogP contribution < -0.4 is 11.5 Å². The summed E-state index contributed by atoms with van der Waals surface area (Å²) in [6.07, 6.45) is 1.56. The van der Waals surface area contributed by atoms with Crippen molar-refractivity contribution in [3.05, 3.63) is 21.8 Å². The van der Waals surface area contributed by atoms with E-state index in [1.165, 1.54) is 0 Å². The summed E-state index contributed by atoms with van der Waals surface area (Å²) in [4.78, 5) is 7.60. The van der Waals surface area contributed by atoms with Crippen LogP contribution >= 0.6 is 27.5 Å². The number of halogens is 2. The van der Waals surface area contributed by atoms with Gasteiger partial charge in [-0.2, -0.15) is 4.99 Å². The Hall–Kier alpha value is -0.810. The van der Waals surface area contributed by atoms with Crippen molar-refractivity contribution in [2.75, 3.05) is 0 Å². The molecule has 0 spiro atoms. The second kappa shape index (κ2) is 3.73. The number of hydrogen-bond donors (Lipinski definition) is 2. The highest BCUT2D eigenvalue weighted by Crippen LogP contribution is 2.24. The van der Waals surface area contributed by atoms with Crippen molar-refractivity contribution in [1.82, 2.24) is 4.98 Å². The van der Waals surface area contributed by atoms with Gasteiger partial charge >= 0.3 is 0 Å². The smallest absolute Gasteiger partial charge is 0.192 e. The van der Waals surface area contributed by atoms with Gasteiger partial charge in [0.2, 0.25) is 0 Å². The molecule has 0 radical (unpaired) electrons. The van der Waals surface area contributed by atoms with Crippen molar-refractivity contribution >= 4 is 39.3 Å². The standard InChI is InChI=1S/C6H6BrClN4/c7-3-1-4(8)5(11-2-3)12-6(9)10/h1-2H,(H4,9,10,11,12). The lowest BCUT2D eigenvalue weighted by atomic mass is 10.5. The molecule has 6 heteroatoms. The summed E-state index contributed by atoms with van der Waals surface area (Å²) in [5, 5.41) is 0.401. The van der Waals surface area contributed by atoms with E-state index in [1.54, 1.807) is 12.3 Å². The van der Waals surface area contributed by atoms with Gasteiger partial charge in [0.05, 0.1) is 5.02 Å². The molecule has 1 heterocycles. The zero-order chi connectivity index (χ0) is 9.14. The SMILES string of the molecule is NC(N)=Nc1ncc(Br)cc1Cl. The van der Waals surface area contributed by atoms with Gasteiger partial charge < -0.3 is 11.5 Å². The fraction of sp³-hybridized carbons (Fsp3) is 0. The molecule has 0 fully saturated rings. The second-order valence-electron chi connectivity index (χ2n) is 2.00. The normalized spacial score (nSPS) is 9.50. The predicted octanol–water partition coefficient (Wildman–Crippen LogP) is 1.40. The Kier molecular flexibility index (Phi) is 2.88. The van der Waals surface area contributed by atoms with E-state index in [1.807, 2.05) is 0 Å². The zero-order valence-corrected chi connectivity index (χ0v) is 8.30. The summed E-state index contributed by atoms with van der Waals surface area (Å²) in [7, 11) is 0. The molecule has 1 aromatic heterocycles. The fourth-order valence-corrected chi connectivity index (χ4v) is 1.28. The molecule has 0 atom stereocenters. The topological polar surface area (TPSA) is 77.3 Å². The highest BCUT2D eigenvalue weighted by Gasteiger charge is 2.00. The Bertz CT molecular complexity index is 321. The number of nitrogens with zero attached hydrogens (tertiary/aromatic N) is 2. The van der Waals surface area contributed by atoms with Crippen molar-refractivity contribution in [3.8, 4) is 0 Å². The number of pyridine rings is 1. The van der Waals surface area contributed by atoms with Crippen LogP contribution in [0.2, 0.25) is 5.02 Å². The molecule has 0 saturated carbocycles. The molecule has 4 N–H and O–H groups in total. The van der Waals surface area contributed by atoms with Gasteiger partial charge in [0.1, 0.15) is 0 Å². The van der Waals surface area contributed by atoms with E-state index < -0.39 is 0 Å². The molecule has 64 valence electrons. The first-order chi connectivity index (χ1) is 5.59. The van der Waals surface area contributed by atoms with E-state index in [-0.39, 0.29) is 5.96 Å². The summed E-state index contributed by atoms with van der Waals surface area (Å²) >= 11 is 8.97. The molecule has 0 saturated heterocycles. The van der Waals surface area contributed by atoms with Crippen LogP contribution in [0.15, 0.2) is 21.7 Å². The summed E-state index contributed by atoms with van der Waals surface area (Å²) in [5.41, 5.74) is 10.3. The monoisotopic (exact) mass is 248 g/mol. The van der Waals surface area contributed by atoms with E-state index >= 15 is 0 Å². The van der Waals surface area contributed by atoms with E-state index in [9.17, 15) is 0 Å². The van der Waals surface area contributed by atoms with Crippen molar-refractivity contribution in [3.63, 3.8) is 0 Å². The largest absolute Gasteiger partial charge is 0.370 e. The minimum atomic E-state index is -0.0632. The number of guanidine groups is 1.